The number of carbonyl (C=O) groups is 1. The Morgan fingerprint density at radius 3 is 2.35 bits per heavy atom. The summed E-state index contributed by atoms with van der Waals surface area (Å²) in [7, 11) is 0. The van der Waals surface area contributed by atoms with Crippen molar-refractivity contribution in [2.45, 2.75) is 6.92 Å². The maximum absolute atomic E-state index is 13.6. The van der Waals surface area contributed by atoms with Crippen LogP contribution in [0.15, 0.2) is 42.5 Å². The molecule has 0 radical (unpaired) electrons. The van der Waals surface area contributed by atoms with Crippen molar-refractivity contribution < 1.29 is 9.18 Å². The molecule has 0 unspecified atom stereocenters. The largest absolute Gasteiger partial charge is 0.399 e. The van der Waals surface area contributed by atoms with E-state index in [-0.39, 0.29) is 11.3 Å². The lowest BCUT2D eigenvalue weighted by molar-refractivity contribution is 0.103. The Labute approximate surface area is 98.9 Å². The quantitative estimate of drug-likeness (QED) is 0.635. The Hall–Kier alpha value is -2.16. The smallest absolute Gasteiger partial charge is 0.195 e. The molecule has 0 aliphatic carbocycles. The normalized spacial score (nSPS) is 10.2. The van der Waals surface area contributed by atoms with Crippen LogP contribution in [0.2, 0.25) is 0 Å². The molecule has 2 aromatic rings. The predicted molar refractivity (Wildman–Crippen MR) is 65.4 cm³/mol. The minimum absolute atomic E-state index is 0.0837. The Morgan fingerprint density at radius 2 is 1.76 bits per heavy atom. The van der Waals surface area contributed by atoms with E-state index < -0.39 is 5.82 Å². The summed E-state index contributed by atoms with van der Waals surface area (Å²) in [5, 5.41) is 0. The van der Waals surface area contributed by atoms with Crippen LogP contribution in [0.4, 0.5) is 10.1 Å². The standard InChI is InChI=1S/C14H12FNO/c1-9-2-7-12(13(15)8-9)14(17)10-3-5-11(16)6-4-10/h2-8H,16H2,1H3. The maximum atomic E-state index is 13.6. The van der Waals surface area contributed by atoms with Crippen LogP contribution in [-0.2, 0) is 0 Å². The van der Waals surface area contributed by atoms with Gasteiger partial charge in [-0.2, -0.15) is 0 Å². The van der Waals surface area contributed by atoms with Gasteiger partial charge in [0.05, 0.1) is 5.56 Å². The van der Waals surface area contributed by atoms with Crippen LogP contribution in [0.25, 0.3) is 0 Å². The van der Waals surface area contributed by atoms with Gasteiger partial charge in [-0.15, -0.1) is 0 Å². The van der Waals surface area contributed by atoms with Crippen molar-refractivity contribution in [3.63, 3.8) is 0 Å². The fourth-order valence-electron chi connectivity index (χ4n) is 1.59. The fourth-order valence-corrected chi connectivity index (χ4v) is 1.59. The van der Waals surface area contributed by atoms with Crippen molar-refractivity contribution in [1.29, 1.82) is 0 Å². The Kier molecular flexibility index (Phi) is 2.91. The molecule has 0 spiro atoms. The van der Waals surface area contributed by atoms with E-state index in [1.54, 1.807) is 37.3 Å². The van der Waals surface area contributed by atoms with E-state index in [1.807, 2.05) is 0 Å². The average Bonchev–Trinajstić information content (AvgIpc) is 2.29. The minimum Gasteiger partial charge on any atom is -0.399 e. The van der Waals surface area contributed by atoms with Crippen LogP contribution in [0, 0.1) is 12.7 Å². The van der Waals surface area contributed by atoms with Crippen LogP contribution in [0.3, 0.4) is 0 Å². The number of benzene rings is 2. The van der Waals surface area contributed by atoms with E-state index in [9.17, 15) is 9.18 Å². The second-order valence-electron chi connectivity index (χ2n) is 3.93. The molecule has 2 aromatic carbocycles. The number of anilines is 1. The van der Waals surface area contributed by atoms with Crippen LogP contribution >= 0.6 is 0 Å². The van der Waals surface area contributed by atoms with Gasteiger partial charge in [-0.25, -0.2) is 4.39 Å². The van der Waals surface area contributed by atoms with Crippen molar-refractivity contribution in [2.24, 2.45) is 0 Å². The summed E-state index contributed by atoms with van der Waals surface area (Å²) in [5.74, 6) is -0.825. The first-order chi connectivity index (χ1) is 8.08. The number of rotatable bonds is 2. The molecule has 0 amide bonds. The van der Waals surface area contributed by atoms with Gasteiger partial charge >= 0.3 is 0 Å². The van der Waals surface area contributed by atoms with Crippen molar-refractivity contribution in [1.82, 2.24) is 0 Å². The molecule has 0 fully saturated rings. The second kappa shape index (κ2) is 4.37. The van der Waals surface area contributed by atoms with Crippen LogP contribution < -0.4 is 5.73 Å². The van der Waals surface area contributed by atoms with Gasteiger partial charge in [-0.3, -0.25) is 4.79 Å². The summed E-state index contributed by atoms with van der Waals surface area (Å²) < 4.78 is 13.6. The molecule has 0 atom stereocenters. The van der Waals surface area contributed by atoms with Gasteiger partial charge in [-0.1, -0.05) is 6.07 Å². The van der Waals surface area contributed by atoms with Crippen LogP contribution in [0.1, 0.15) is 21.5 Å². The molecular formula is C14H12FNO. The Bertz CT molecular complexity index is 561. The van der Waals surface area contributed by atoms with Crippen molar-refractivity contribution in [3.05, 3.63) is 65.0 Å². The number of halogens is 1. The van der Waals surface area contributed by atoms with Gasteiger partial charge in [0, 0.05) is 11.3 Å². The number of hydrogen-bond acceptors (Lipinski definition) is 2. The molecular weight excluding hydrogens is 217 g/mol. The zero-order valence-corrected chi connectivity index (χ0v) is 9.41. The molecule has 0 heterocycles. The molecule has 0 saturated carbocycles. The molecule has 0 aliphatic rings. The number of nitrogens with two attached hydrogens (primary N) is 1. The average molecular weight is 229 g/mol. The third-order valence-electron chi connectivity index (χ3n) is 2.54. The number of ketones is 1. The number of carbonyl (C=O) groups excluding carboxylic acids is 1. The van der Waals surface area contributed by atoms with Gasteiger partial charge in [0.15, 0.2) is 5.78 Å². The van der Waals surface area contributed by atoms with E-state index in [1.165, 1.54) is 12.1 Å². The fraction of sp³-hybridized carbons (Fsp3) is 0.0714. The highest BCUT2D eigenvalue weighted by Crippen LogP contribution is 2.16. The summed E-state index contributed by atoms with van der Waals surface area (Å²) in [6.07, 6.45) is 0. The summed E-state index contributed by atoms with van der Waals surface area (Å²) in [6, 6.07) is 11.0. The van der Waals surface area contributed by atoms with E-state index >= 15 is 0 Å². The highest BCUT2D eigenvalue weighted by molar-refractivity contribution is 6.09. The van der Waals surface area contributed by atoms with Gasteiger partial charge in [0.25, 0.3) is 0 Å². The molecule has 3 heteroatoms. The zero-order valence-electron chi connectivity index (χ0n) is 9.41. The molecule has 2 nitrogen and oxygen atoms in total. The third kappa shape index (κ3) is 2.33. The minimum atomic E-state index is -0.494. The molecule has 86 valence electrons. The highest BCUT2D eigenvalue weighted by atomic mass is 19.1. The first-order valence-electron chi connectivity index (χ1n) is 5.24. The lowest BCUT2D eigenvalue weighted by Gasteiger charge is -2.04. The molecule has 0 aromatic heterocycles. The Balaban J connectivity index is 2.40. The summed E-state index contributed by atoms with van der Waals surface area (Å²) in [4.78, 5) is 12.0. The van der Waals surface area contributed by atoms with Gasteiger partial charge in [-0.05, 0) is 48.9 Å². The number of hydrogen-bond donors (Lipinski definition) is 1. The van der Waals surface area contributed by atoms with Crippen molar-refractivity contribution in [2.75, 3.05) is 5.73 Å². The van der Waals surface area contributed by atoms with E-state index in [0.29, 0.717) is 11.3 Å². The van der Waals surface area contributed by atoms with Gasteiger partial charge in [0.1, 0.15) is 5.82 Å². The van der Waals surface area contributed by atoms with Gasteiger partial charge in [0.2, 0.25) is 0 Å². The maximum Gasteiger partial charge on any atom is 0.195 e. The topological polar surface area (TPSA) is 43.1 Å². The van der Waals surface area contributed by atoms with Crippen molar-refractivity contribution in [3.8, 4) is 0 Å². The SMILES string of the molecule is Cc1ccc(C(=O)c2ccc(N)cc2)c(F)c1. The second-order valence-corrected chi connectivity index (χ2v) is 3.93. The Morgan fingerprint density at radius 1 is 1.12 bits per heavy atom. The van der Waals surface area contributed by atoms with Crippen LogP contribution in [0.5, 0.6) is 0 Å². The highest BCUT2D eigenvalue weighted by Gasteiger charge is 2.13. The first-order valence-corrected chi connectivity index (χ1v) is 5.24. The van der Waals surface area contributed by atoms with Crippen molar-refractivity contribution >= 4 is 11.5 Å². The predicted octanol–water partition coefficient (Wildman–Crippen LogP) is 2.95. The summed E-state index contributed by atoms with van der Waals surface area (Å²) in [5.41, 5.74) is 7.41. The molecule has 2 rings (SSSR count). The molecule has 0 saturated heterocycles. The lowest BCUT2D eigenvalue weighted by atomic mass is 10.0. The third-order valence-corrected chi connectivity index (χ3v) is 2.54. The monoisotopic (exact) mass is 229 g/mol. The molecule has 0 aliphatic heterocycles. The zero-order chi connectivity index (χ0) is 12.4. The summed E-state index contributed by atoms with van der Waals surface area (Å²) >= 11 is 0. The number of nitrogen functional groups attached to an aromatic ring is 1. The van der Waals surface area contributed by atoms with Gasteiger partial charge < -0.3 is 5.73 Å². The number of aryl methyl sites for hydroxylation is 1. The first kappa shape index (κ1) is 11.3. The molecule has 17 heavy (non-hydrogen) atoms. The van der Waals surface area contributed by atoms with E-state index in [4.69, 9.17) is 5.73 Å². The molecule has 2 N–H and O–H groups in total. The van der Waals surface area contributed by atoms with E-state index in [0.717, 1.165) is 5.56 Å². The summed E-state index contributed by atoms with van der Waals surface area (Å²) in [6.45, 7) is 1.78. The lowest BCUT2D eigenvalue weighted by Crippen LogP contribution is -2.04. The van der Waals surface area contributed by atoms with Crippen LogP contribution in [-0.4, -0.2) is 5.78 Å². The van der Waals surface area contributed by atoms with E-state index in [2.05, 4.69) is 0 Å². The molecule has 0 bridgehead atoms.